The largest absolute Gasteiger partial charge is 0.339 e. The smallest absolute Gasteiger partial charge is 0.224 e. The lowest BCUT2D eigenvalue weighted by atomic mass is 10.2. The van der Waals surface area contributed by atoms with Crippen molar-refractivity contribution in [3.63, 3.8) is 0 Å². The van der Waals surface area contributed by atoms with E-state index in [9.17, 15) is 4.79 Å². The van der Waals surface area contributed by atoms with Gasteiger partial charge in [-0.15, -0.1) is 6.58 Å². The second-order valence-corrected chi connectivity index (χ2v) is 3.38. The maximum atomic E-state index is 11.7. The number of hydrogen-bond donors (Lipinski definition) is 1. The van der Waals surface area contributed by atoms with Crippen LogP contribution in [0.15, 0.2) is 12.7 Å². The second kappa shape index (κ2) is 7.56. The summed E-state index contributed by atoms with van der Waals surface area (Å²) in [6, 6.07) is 0.256. The Hall–Kier alpha value is -0.830. The average molecular weight is 198 g/mol. The van der Waals surface area contributed by atoms with Gasteiger partial charge in [0.1, 0.15) is 0 Å². The third-order valence-corrected chi connectivity index (χ3v) is 2.12. The van der Waals surface area contributed by atoms with Crippen LogP contribution in [0.1, 0.15) is 27.2 Å². The fraction of sp³-hybridized carbons (Fsp3) is 0.727. The van der Waals surface area contributed by atoms with E-state index in [1.54, 1.807) is 11.0 Å². The van der Waals surface area contributed by atoms with Crippen molar-refractivity contribution in [3.8, 4) is 0 Å². The quantitative estimate of drug-likeness (QED) is 0.627. The van der Waals surface area contributed by atoms with Crippen LogP contribution in [0.4, 0.5) is 0 Å². The van der Waals surface area contributed by atoms with Crippen molar-refractivity contribution in [2.45, 2.75) is 33.2 Å². The van der Waals surface area contributed by atoms with Crippen LogP contribution in [-0.2, 0) is 4.79 Å². The Labute approximate surface area is 87.2 Å². The maximum absolute atomic E-state index is 11.7. The Morgan fingerprint density at radius 2 is 2.21 bits per heavy atom. The Morgan fingerprint density at radius 1 is 1.57 bits per heavy atom. The van der Waals surface area contributed by atoms with Crippen molar-refractivity contribution in [3.05, 3.63) is 12.7 Å². The van der Waals surface area contributed by atoms with Crippen LogP contribution in [0.5, 0.6) is 0 Å². The molecule has 0 spiro atoms. The topological polar surface area (TPSA) is 32.3 Å². The van der Waals surface area contributed by atoms with Crippen molar-refractivity contribution in [1.29, 1.82) is 0 Å². The monoisotopic (exact) mass is 198 g/mol. The standard InChI is InChI=1S/C11H22N2O/c1-5-8-13(7-3)11(14)9-10(4)12-6-2/h5,10,12H,1,6-9H2,2-4H3. The van der Waals surface area contributed by atoms with Gasteiger partial charge in [0, 0.05) is 25.6 Å². The van der Waals surface area contributed by atoms with Crippen LogP contribution >= 0.6 is 0 Å². The highest BCUT2D eigenvalue weighted by Crippen LogP contribution is 1.98. The van der Waals surface area contributed by atoms with E-state index in [2.05, 4.69) is 11.9 Å². The molecular weight excluding hydrogens is 176 g/mol. The van der Waals surface area contributed by atoms with Gasteiger partial charge in [-0.2, -0.15) is 0 Å². The molecule has 0 aliphatic rings. The number of amides is 1. The molecule has 1 atom stereocenters. The summed E-state index contributed by atoms with van der Waals surface area (Å²) in [6.07, 6.45) is 2.33. The SMILES string of the molecule is C=CCN(CC)C(=O)CC(C)NCC. The van der Waals surface area contributed by atoms with Gasteiger partial charge < -0.3 is 10.2 Å². The molecule has 0 bridgehead atoms. The van der Waals surface area contributed by atoms with Crippen LogP contribution in [0.2, 0.25) is 0 Å². The van der Waals surface area contributed by atoms with E-state index in [1.807, 2.05) is 20.8 Å². The van der Waals surface area contributed by atoms with Crippen LogP contribution in [-0.4, -0.2) is 36.5 Å². The summed E-state index contributed by atoms with van der Waals surface area (Å²) in [7, 11) is 0. The van der Waals surface area contributed by atoms with Crippen molar-refractivity contribution >= 4 is 5.91 Å². The molecule has 0 heterocycles. The summed E-state index contributed by atoms with van der Waals surface area (Å²) in [5.74, 6) is 0.195. The first-order valence-electron chi connectivity index (χ1n) is 5.27. The van der Waals surface area contributed by atoms with E-state index in [4.69, 9.17) is 0 Å². The molecule has 0 rings (SSSR count). The van der Waals surface area contributed by atoms with Gasteiger partial charge in [-0.05, 0) is 20.4 Å². The number of carbonyl (C=O) groups is 1. The minimum absolute atomic E-state index is 0.195. The first kappa shape index (κ1) is 13.2. The van der Waals surface area contributed by atoms with Gasteiger partial charge in [0.05, 0.1) is 0 Å². The molecule has 0 aliphatic carbocycles. The van der Waals surface area contributed by atoms with Gasteiger partial charge in [-0.25, -0.2) is 0 Å². The molecule has 3 heteroatoms. The Kier molecular flexibility index (Phi) is 7.11. The predicted molar refractivity (Wildman–Crippen MR) is 60.2 cm³/mol. The van der Waals surface area contributed by atoms with Crippen LogP contribution in [0.3, 0.4) is 0 Å². The zero-order valence-electron chi connectivity index (χ0n) is 9.55. The fourth-order valence-corrected chi connectivity index (χ4v) is 1.37. The number of hydrogen-bond acceptors (Lipinski definition) is 2. The molecule has 0 aromatic carbocycles. The summed E-state index contributed by atoms with van der Waals surface area (Å²) in [6.45, 7) is 12.0. The second-order valence-electron chi connectivity index (χ2n) is 3.38. The van der Waals surface area contributed by atoms with Crippen LogP contribution < -0.4 is 5.32 Å². The number of carbonyl (C=O) groups excluding carboxylic acids is 1. The summed E-state index contributed by atoms with van der Waals surface area (Å²) >= 11 is 0. The van der Waals surface area contributed by atoms with Gasteiger partial charge in [0.2, 0.25) is 5.91 Å². The summed E-state index contributed by atoms with van der Waals surface area (Å²) < 4.78 is 0. The highest BCUT2D eigenvalue weighted by atomic mass is 16.2. The lowest BCUT2D eigenvalue weighted by Crippen LogP contribution is -2.36. The molecule has 0 aliphatic heterocycles. The number of nitrogens with one attached hydrogen (secondary N) is 1. The molecule has 0 aromatic rings. The highest BCUT2D eigenvalue weighted by Gasteiger charge is 2.12. The molecule has 1 N–H and O–H groups in total. The molecule has 0 saturated carbocycles. The molecule has 1 unspecified atom stereocenters. The van der Waals surface area contributed by atoms with E-state index >= 15 is 0 Å². The molecule has 82 valence electrons. The summed E-state index contributed by atoms with van der Waals surface area (Å²) in [5.41, 5.74) is 0. The average Bonchev–Trinajstić information content (AvgIpc) is 2.14. The van der Waals surface area contributed by atoms with Crippen LogP contribution in [0.25, 0.3) is 0 Å². The van der Waals surface area contributed by atoms with Gasteiger partial charge in [0.25, 0.3) is 0 Å². The van der Waals surface area contributed by atoms with E-state index in [0.717, 1.165) is 13.1 Å². The van der Waals surface area contributed by atoms with Gasteiger partial charge in [-0.3, -0.25) is 4.79 Å². The Morgan fingerprint density at radius 3 is 2.64 bits per heavy atom. The molecular formula is C11H22N2O. The van der Waals surface area contributed by atoms with Crippen molar-refractivity contribution in [1.82, 2.24) is 10.2 Å². The van der Waals surface area contributed by atoms with E-state index < -0.39 is 0 Å². The lowest BCUT2D eigenvalue weighted by molar-refractivity contribution is -0.130. The first-order chi connectivity index (χ1) is 6.65. The van der Waals surface area contributed by atoms with Gasteiger partial charge in [0.15, 0.2) is 0 Å². The third-order valence-electron chi connectivity index (χ3n) is 2.12. The molecule has 14 heavy (non-hydrogen) atoms. The molecule has 0 aromatic heterocycles. The number of nitrogens with zero attached hydrogens (tertiary/aromatic N) is 1. The third kappa shape index (κ3) is 5.02. The van der Waals surface area contributed by atoms with Crippen molar-refractivity contribution < 1.29 is 4.79 Å². The summed E-state index contributed by atoms with van der Waals surface area (Å²) in [5, 5.41) is 3.22. The molecule has 1 amide bonds. The molecule has 0 radical (unpaired) electrons. The minimum atomic E-state index is 0.195. The lowest BCUT2D eigenvalue weighted by Gasteiger charge is -2.21. The van der Waals surface area contributed by atoms with E-state index in [-0.39, 0.29) is 11.9 Å². The molecule has 0 saturated heterocycles. The van der Waals surface area contributed by atoms with Crippen molar-refractivity contribution in [2.24, 2.45) is 0 Å². The molecule has 0 fully saturated rings. The predicted octanol–water partition coefficient (Wildman–Crippen LogP) is 1.41. The number of likely N-dealkylation sites (N-methyl/N-ethyl adjacent to an activating group) is 1. The summed E-state index contributed by atoms with van der Waals surface area (Å²) in [4.78, 5) is 13.5. The zero-order valence-corrected chi connectivity index (χ0v) is 9.55. The normalized spacial score (nSPS) is 12.2. The number of rotatable bonds is 7. The highest BCUT2D eigenvalue weighted by molar-refractivity contribution is 5.76. The van der Waals surface area contributed by atoms with E-state index in [0.29, 0.717) is 13.0 Å². The minimum Gasteiger partial charge on any atom is -0.339 e. The Balaban J connectivity index is 3.96. The van der Waals surface area contributed by atoms with Crippen LogP contribution in [0, 0.1) is 0 Å². The maximum Gasteiger partial charge on any atom is 0.224 e. The zero-order chi connectivity index (χ0) is 11.0. The van der Waals surface area contributed by atoms with Gasteiger partial charge in [-0.1, -0.05) is 13.0 Å². The Bertz CT molecular complexity index is 180. The fourth-order valence-electron chi connectivity index (χ4n) is 1.37. The molecule has 3 nitrogen and oxygen atoms in total. The van der Waals surface area contributed by atoms with Gasteiger partial charge >= 0.3 is 0 Å². The van der Waals surface area contributed by atoms with Crippen molar-refractivity contribution in [2.75, 3.05) is 19.6 Å². The first-order valence-corrected chi connectivity index (χ1v) is 5.27. The van der Waals surface area contributed by atoms with E-state index in [1.165, 1.54) is 0 Å².